The quantitative estimate of drug-likeness (QED) is 0.729. The Balaban J connectivity index is 2.63. The highest BCUT2D eigenvalue weighted by Crippen LogP contribution is 2.47. The first kappa shape index (κ1) is 13.0. The molecular formula is C14H28O. The first-order valence-corrected chi connectivity index (χ1v) is 6.39. The van der Waals surface area contributed by atoms with Crippen molar-refractivity contribution in [2.24, 2.45) is 10.8 Å². The Hall–Kier alpha value is -0.0400. The summed E-state index contributed by atoms with van der Waals surface area (Å²) < 4.78 is 0. The number of hydrogen-bond acceptors (Lipinski definition) is 1. The van der Waals surface area contributed by atoms with Crippen molar-refractivity contribution >= 4 is 0 Å². The Bertz CT molecular complexity index is 212. The molecule has 0 bridgehead atoms. The van der Waals surface area contributed by atoms with E-state index in [0.717, 1.165) is 19.3 Å². The average Bonchev–Trinajstić information content (AvgIpc) is 2.06. The lowest BCUT2D eigenvalue weighted by Gasteiger charge is -2.47. The van der Waals surface area contributed by atoms with Gasteiger partial charge in [-0.25, -0.2) is 0 Å². The molecular weight excluding hydrogens is 184 g/mol. The maximum Gasteiger partial charge on any atom is 0.0698 e. The van der Waals surface area contributed by atoms with Crippen molar-refractivity contribution in [3.63, 3.8) is 0 Å². The molecule has 1 fully saturated rings. The minimum absolute atomic E-state index is 0.108. The van der Waals surface area contributed by atoms with E-state index < -0.39 is 5.60 Å². The van der Waals surface area contributed by atoms with Crippen molar-refractivity contribution in [1.29, 1.82) is 0 Å². The van der Waals surface area contributed by atoms with Crippen LogP contribution in [0.2, 0.25) is 0 Å². The molecule has 0 spiro atoms. The van der Waals surface area contributed by atoms with Crippen LogP contribution in [0.5, 0.6) is 0 Å². The Labute approximate surface area is 95.3 Å². The molecule has 0 aliphatic heterocycles. The van der Waals surface area contributed by atoms with Gasteiger partial charge in [0, 0.05) is 0 Å². The third-order valence-electron chi connectivity index (χ3n) is 4.19. The fraction of sp³-hybridized carbons (Fsp3) is 1.00. The van der Waals surface area contributed by atoms with E-state index in [-0.39, 0.29) is 5.41 Å². The van der Waals surface area contributed by atoms with Crippen molar-refractivity contribution < 1.29 is 5.11 Å². The Morgan fingerprint density at radius 3 is 2.07 bits per heavy atom. The smallest absolute Gasteiger partial charge is 0.0698 e. The van der Waals surface area contributed by atoms with Gasteiger partial charge >= 0.3 is 0 Å². The van der Waals surface area contributed by atoms with Crippen LogP contribution < -0.4 is 0 Å². The summed E-state index contributed by atoms with van der Waals surface area (Å²) in [5.74, 6) is 0. The van der Waals surface area contributed by atoms with Gasteiger partial charge in [0.05, 0.1) is 5.60 Å². The highest BCUT2D eigenvalue weighted by Gasteiger charge is 2.44. The van der Waals surface area contributed by atoms with Crippen molar-refractivity contribution in [3.05, 3.63) is 0 Å². The Kier molecular flexibility index (Phi) is 3.55. The topological polar surface area (TPSA) is 20.2 Å². The van der Waals surface area contributed by atoms with Gasteiger partial charge in [-0.1, -0.05) is 47.5 Å². The van der Waals surface area contributed by atoms with Gasteiger partial charge < -0.3 is 5.11 Å². The number of aliphatic hydroxyl groups is 1. The zero-order valence-electron chi connectivity index (χ0n) is 11.2. The van der Waals surface area contributed by atoms with Crippen LogP contribution in [0.4, 0.5) is 0 Å². The molecule has 0 aromatic rings. The molecule has 0 aromatic heterocycles. The first-order valence-electron chi connectivity index (χ1n) is 6.39. The molecule has 1 heteroatoms. The summed E-state index contributed by atoms with van der Waals surface area (Å²) in [6, 6.07) is 0. The second-order valence-corrected chi connectivity index (χ2v) is 7.18. The molecule has 15 heavy (non-hydrogen) atoms. The molecule has 1 nitrogen and oxygen atoms in total. The molecule has 0 saturated heterocycles. The predicted molar refractivity (Wildman–Crippen MR) is 65.9 cm³/mol. The summed E-state index contributed by atoms with van der Waals surface area (Å²) in [7, 11) is 0. The molecule has 0 aromatic carbocycles. The van der Waals surface area contributed by atoms with E-state index in [1.54, 1.807) is 0 Å². The molecule has 0 amide bonds. The standard InChI is InChI=1S/C14H28O/c1-12(2,3)10-11-14(15)9-7-6-8-13(14,4)5/h15H,6-11H2,1-5H3. The monoisotopic (exact) mass is 212 g/mol. The average molecular weight is 212 g/mol. The van der Waals surface area contributed by atoms with Crippen LogP contribution in [0.3, 0.4) is 0 Å². The summed E-state index contributed by atoms with van der Waals surface area (Å²) in [5.41, 5.74) is 0.0261. The van der Waals surface area contributed by atoms with Crippen LogP contribution in [-0.4, -0.2) is 10.7 Å². The third-order valence-corrected chi connectivity index (χ3v) is 4.19. The second-order valence-electron chi connectivity index (χ2n) is 7.18. The summed E-state index contributed by atoms with van der Waals surface area (Å²) >= 11 is 0. The van der Waals surface area contributed by atoms with E-state index in [0.29, 0.717) is 5.41 Å². The molecule has 1 N–H and O–H groups in total. The van der Waals surface area contributed by atoms with E-state index in [1.165, 1.54) is 19.3 Å². The fourth-order valence-corrected chi connectivity index (χ4v) is 2.60. The summed E-state index contributed by atoms with van der Waals surface area (Å²) in [6.45, 7) is 11.2. The Morgan fingerprint density at radius 2 is 1.60 bits per heavy atom. The van der Waals surface area contributed by atoms with E-state index in [1.807, 2.05) is 0 Å². The second kappa shape index (κ2) is 4.08. The van der Waals surface area contributed by atoms with Crippen molar-refractivity contribution in [2.45, 2.75) is 78.7 Å². The molecule has 1 unspecified atom stereocenters. The van der Waals surface area contributed by atoms with E-state index >= 15 is 0 Å². The highest BCUT2D eigenvalue weighted by molar-refractivity contribution is 4.96. The molecule has 1 atom stereocenters. The van der Waals surface area contributed by atoms with Gasteiger partial charge in [-0.3, -0.25) is 0 Å². The molecule has 1 saturated carbocycles. The van der Waals surface area contributed by atoms with E-state index in [4.69, 9.17) is 0 Å². The molecule has 1 rings (SSSR count). The molecule has 0 heterocycles. The first-order chi connectivity index (χ1) is 6.66. The lowest BCUT2D eigenvalue weighted by atomic mass is 9.62. The maximum absolute atomic E-state index is 10.8. The minimum Gasteiger partial charge on any atom is -0.389 e. The highest BCUT2D eigenvalue weighted by atomic mass is 16.3. The maximum atomic E-state index is 10.8. The van der Waals surface area contributed by atoms with Crippen LogP contribution in [0, 0.1) is 10.8 Å². The van der Waals surface area contributed by atoms with Crippen molar-refractivity contribution in [2.75, 3.05) is 0 Å². The van der Waals surface area contributed by atoms with Gasteiger partial charge in [0.1, 0.15) is 0 Å². The molecule has 90 valence electrons. The van der Waals surface area contributed by atoms with Gasteiger partial charge in [0.15, 0.2) is 0 Å². The largest absolute Gasteiger partial charge is 0.389 e. The van der Waals surface area contributed by atoms with Crippen LogP contribution in [-0.2, 0) is 0 Å². The lowest BCUT2D eigenvalue weighted by Crippen LogP contribution is -2.47. The zero-order valence-corrected chi connectivity index (χ0v) is 11.2. The van der Waals surface area contributed by atoms with Gasteiger partial charge in [-0.05, 0) is 36.5 Å². The van der Waals surface area contributed by atoms with Gasteiger partial charge in [-0.15, -0.1) is 0 Å². The summed E-state index contributed by atoms with van der Waals surface area (Å²) in [4.78, 5) is 0. The fourth-order valence-electron chi connectivity index (χ4n) is 2.60. The Morgan fingerprint density at radius 1 is 1.07 bits per heavy atom. The predicted octanol–water partition coefficient (Wildman–Crippen LogP) is 4.14. The van der Waals surface area contributed by atoms with Crippen LogP contribution >= 0.6 is 0 Å². The van der Waals surface area contributed by atoms with Crippen LogP contribution in [0.15, 0.2) is 0 Å². The normalized spacial score (nSPS) is 31.6. The zero-order chi connectivity index (χ0) is 11.7. The van der Waals surface area contributed by atoms with Crippen LogP contribution in [0.25, 0.3) is 0 Å². The summed E-state index contributed by atoms with van der Waals surface area (Å²) in [6.07, 6.45) is 6.73. The number of rotatable bonds is 2. The van der Waals surface area contributed by atoms with Crippen molar-refractivity contribution in [3.8, 4) is 0 Å². The van der Waals surface area contributed by atoms with E-state index in [9.17, 15) is 5.11 Å². The summed E-state index contributed by atoms with van der Waals surface area (Å²) in [5, 5.41) is 10.8. The lowest BCUT2D eigenvalue weighted by molar-refractivity contribution is -0.107. The third kappa shape index (κ3) is 3.21. The molecule has 1 aliphatic carbocycles. The molecule has 0 radical (unpaired) electrons. The minimum atomic E-state index is -0.418. The van der Waals surface area contributed by atoms with Gasteiger partial charge in [-0.2, -0.15) is 0 Å². The van der Waals surface area contributed by atoms with Crippen LogP contribution in [0.1, 0.15) is 73.1 Å². The van der Waals surface area contributed by atoms with Gasteiger partial charge in [0.2, 0.25) is 0 Å². The molecule has 1 aliphatic rings. The van der Waals surface area contributed by atoms with Crippen molar-refractivity contribution in [1.82, 2.24) is 0 Å². The van der Waals surface area contributed by atoms with Gasteiger partial charge in [0.25, 0.3) is 0 Å². The van der Waals surface area contributed by atoms with E-state index in [2.05, 4.69) is 34.6 Å². The number of hydrogen-bond donors (Lipinski definition) is 1. The SMILES string of the molecule is CC(C)(C)CCC1(O)CCCCC1(C)C.